The monoisotopic (exact) mass is 157 g/mol. The molecule has 1 rings (SSSR count). The summed E-state index contributed by atoms with van der Waals surface area (Å²) >= 11 is 0. The van der Waals surface area contributed by atoms with E-state index in [1.807, 2.05) is 0 Å². The smallest absolute Gasteiger partial charge is 0.407 e. The molecule has 0 aliphatic carbocycles. The minimum atomic E-state index is -0.908. The number of likely N-dealkylation sites (tertiary alicyclic amines) is 1. The van der Waals surface area contributed by atoms with Crippen LogP contribution in [0.25, 0.3) is 0 Å². The molecular weight excluding hydrogens is 146 g/mol. The summed E-state index contributed by atoms with van der Waals surface area (Å²) in [6, 6.07) is -0.0648. The molecule has 0 aromatic carbocycles. The normalized spacial score (nSPS) is 23.6. The van der Waals surface area contributed by atoms with Gasteiger partial charge in [-0.3, -0.25) is 0 Å². The average molecular weight is 157 g/mol. The van der Waals surface area contributed by atoms with Crippen molar-refractivity contribution in [3.63, 3.8) is 0 Å². The van der Waals surface area contributed by atoms with E-state index in [9.17, 15) is 9.59 Å². The van der Waals surface area contributed by atoms with Crippen LogP contribution < -0.4 is 0 Å². The van der Waals surface area contributed by atoms with Gasteiger partial charge in [-0.2, -0.15) is 0 Å². The molecule has 0 spiro atoms. The van der Waals surface area contributed by atoms with Crippen molar-refractivity contribution in [3.05, 3.63) is 0 Å². The SMILES string of the molecule is O=CC[C@@H]1CCCN1C(=O)O. The molecule has 1 aliphatic rings. The summed E-state index contributed by atoms with van der Waals surface area (Å²) in [5, 5.41) is 8.62. The van der Waals surface area contributed by atoms with Gasteiger partial charge in [0, 0.05) is 19.0 Å². The Morgan fingerprint density at radius 3 is 3.00 bits per heavy atom. The Hall–Kier alpha value is -1.06. The first kappa shape index (κ1) is 8.04. The van der Waals surface area contributed by atoms with E-state index >= 15 is 0 Å². The molecule has 0 aromatic heterocycles. The highest BCUT2D eigenvalue weighted by molar-refractivity contribution is 5.66. The number of carboxylic acid groups (broad SMARTS) is 1. The second-order valence-corrected chi connectivity index (χ2v) is 2.67. The number of carbonyl (C=O) groups is 2. The van der Waals surface area contributed by atoms with Gasteiger partial charge in [0.2, 0.25) is 0 Å². The summed E-state index contributed by atoms with van der Waals surface area (Å²) in [5.74, 6) is 0. The molecule has 1 amide bonds. The van der Waals surface area contributed by atoms with Gasteiger partial charge in [-0.25, -0.2) is 4.79 Å². The zero-order valence-corrected chi connectivity index (χ0v) is 6.19. The van der Waals surface area contributed by atoms with Crippen LogP contribution in [0.4, 0.5) is 4.79 Å². The second kappa shape index (κ2) is 3.37. The molecule has 0 radical (unpaired) electrons. The van der Waals surface area contributed by atoms with Crippen molar-refractivity contribution in [1.29, 1.82) is 0 Å². The molecule has 0 aromatic rings. The zero-order chi connectivity index (χ0) is 8.27. The van der Waals surface area contributed by atoms with Crippen molar-refractivity contribution in [3.8, 4) is 0 Å². The molecule has 11 heavy (non-hydrogen) atoms. The Labute approximate surface area is 64.8 Å². The summed E-state index contributed by atoms with van der Waals surface area (Å²) in [4.78, 5) is 21.9. The molecule has 1 atom stereocenters. The van der Waals surface area contributed by atoms with E-state index < -0.39 is 6.09 Å². The second-order valence-electron chi connectivity index (χ2n) is 2.67. The molecule has 1 fully saturated rings. The highest BCUT2D eigenvalue weighted by atomic mass is 16.4. The summed E-state index contributed by atoms with van der Waals surface area (Å²) in [5.41, 5.74) is 0. The number of hydrogen-bond donors (Lipinski definition) is 1. The lowest BCUT2D eigenvalue weighted by molar-refractivity contribution is -0.108. The predicted molar refractivity (Wildman–Crippen MR) is 38.4 cm³/mol. The third-order valence-corrected chi connectivity index (χ3v) is 1.99. The van der Waals surface area contributed by atoms with Crippen LogP contribution in [0.5, 0.6) is 0 Å². The average Bonchev–Trinajstić information content (AvgIpc) is 2.36. The third kappa shape index (κ3) is 1.69. The number of nitrogens with zero attached hydrogens (tertiary/aromatic N) is 1. The Bertz CT molecular complexity index is 169. The molecule has 1 N–H and O–H groups in total. The van der Waals surface area contributed by atoms with E-state index in [0.29, 0.717) is 13.0 Å². The van der Waals surface area contributed by atoms with Crippen molar-refractivity contribution >= 4 is 12.4 Å². The van der Waals surface area contributed by atoms with Gasteiger partial charge >= 0.3 is 6.09 Å². The maximum Gasteiger partial charge on any atom is 0.407 e. The minimum Gasteiger partial charge on any atom is -0.465 e. The number of amides is 1. The van der Waals surface area contributed by atoms with Gasteiger partial charge in [-0.15, -0.1) is 0 Å². The largest absolute Gasteiger partial charge is 0.465 e. The lowest BCUT2D eigenvalue weighted by Crippen LogP contribution is -2.34. The zero-order valence-electron chi connectivity index (χ0n) is 6.19. The van der Waals surface area contributed by atoms with Gasteiger partial charge < -0.3 is 14.8 Å². The van der Waals surface area contributed by atoms with Gasteiger partial charge in [0.05, 0.1) is 0 Å². The van der Waals surface area contributed by atoms with E-state index in [1.165, 1.54) is 4.90 Å². The van der Waals surface area contributed by atoms with Crippen LogP contribution in [-0.4, -0.2) is 35.0 Å². The van der Waals surface area contributed by atoms with Gasteiger partial charge in [0.25, 0.3) is 0 Å². The number of rotatable bonds is 2. The third-order valence-electron chi connectivity index (χ3n) is 1.99. The van der Waals surface area contributed by atoms with Crippen molar-refractivity contribution in [2.75, 3.05) is 6.54 Å². The summed E-state index contributed by atoms with van der Waals surface area (Å²) in [7, 11) is 0. The summed E-state index contributed by atoms with van der Waals surface area (Å²) in [6.07, 6.45) is 1.92. The van der Waals surface area contributed by atoms with Crippen molar-refractivity contribution < 1.29 is 14.7 Å². The Balaban J connectivity index is 2.50. The van der Waals surface area contributed by atoms with Gasteiger partial charge in [0.15, 0.2) is 0 Å². The quantitative estimate of drug-likeness (QED) is 0.601. The fraction of sp³-hybridized carbons (Fsp3) is 0.714. The van der Waals surface area contributed by atoms with E-state index in [4.69, 9.17) is 5.11 Å². The minimum absolute atomic E-state index is 0.0648. The van der Waals surface area contributed by atoms with E-state index in [2.05, 4.69) is 0 Å². The lowest BCUT2D eigenvalue weighted by atomic mass is 10.2. The standard InChI is InChI=1S/C7H11NO3/c9-5-3-6-2-1-4-8(6)7(10)11/h5-6H,1-4H2,(H,10,11)/t6-/m0/s1. The summed E-state index contributed by atoms with van der Waals surface area (Å²) < 4.78 is 0. The molecule has 1 saturated heterocycles. The molecular formula is C7H11NO3. The topological polar surface area (TPSA) is 57.6 Å². The van der Waals surface area contributed by atoms with Crippen LogP contribution in [0.2, 0.25) is 0 Å². The first-order chi connectivity index (χ1) is 5.25. The fourth-order valence-corrected chi connectivity index (χ4v) is 1.44. The van der Waals surface area contributed by atoms with Crippen LogP contribution in [0, 0.1) is 0 Å². The van der Waals surface area contributed by atoms with Crippen LogP contribution >= 0.6 is 0 Å². The molecule has 0 bridgehead atoms. The van der Waals surface area contributed by atoms with Gasteiger partial charge in [0.1, 0.15) is 6.29 Å². The molecule has 4 nitrogen and oxygen atoms in total. The summed E-state index contributed by atoms with van der Waals surface area (Å²) in [6.45, 7) is 0.577. The van der Waals surface area contributed by atoms with Crippen LogP contribution in [0.1, 0.15) is 19.3 Å². The fourth-order valence-electron chi connectivity index (χ4n) is 1.44. The molecule has 0 saturated carbocycles. The molecule has 0 unspecified atom stereocenters. The Morgan fingerprint density at radius 1 is 1.73 bits per heavy atom. The number of hydrogen-bond acceptors (Lipinski definition) is 2. The Kier molecular flexibility index (Phi) is 2.46. The van der Waals surface area contributed by atoms with E-state index in [0.717, 1.165) is 19.1 Å². The van der Waals surface area contributed by atoms with Crippen LogP contribution in [0.3, 0.4) is 0 Å². The predicted octanol–water partition coefficient (Wildman–Crippen LogP) is 0.718. The number of carbonyl (C=O) groups excluding carboxylic acids is 1. The Morgan fingerprint density at radius 2 is 2.45 bits per heavy atom. The first-order valence-electron chi connectivity index (χ1n) is 3.69. The van der Waals surface area contributed by atoms with Crippen molar-refractivity contribution in [2.45, 2.75) is 25.3 Å². The van der Waals surface area contributed by atoms with Crippen LogP contribution in [-0.2, 0) is 4.79 Å². The molecule has 1 heterocycles. The van der Waals surface area contributed by atoms with Gasteiger partial charge in [-0.1, -0.05) is 0 Å². The van der Waals surface area contributed by atoms with Gasteiger partial charge in [-0.05, 0) is 12.8 Å². The van der Waals surface area contributed by atoms with Crippen LogP contribution in [0.15, 0.2) is 0 Å². The highest BCUT2D eigenvalue weighted by Gasteiger charge is 2.27. The van der Waals surface area contributed by atoms with E-state index in [-0.39, 0.29) is 6.04 Å². The highest BCUT2D eigenvalue weighted by Crippen LogP contribution is 2.18. The molecule has 4 heteroatoms. The lowest BCUT2D eigenvalue weighted by Gasteiger charge is -2.18. The maximum atomic E-state index is 10.5. The van der Waals surface area contributed by atoms with E-state index in [1.54, 1.807) is 0 Å². The van der Waals surface area contributed by atoms with Crippen molar-refractivity contribution in [2.24, 2.45) is 0 Å². The maximum absolute atomic E-state index is 10.5. The first-order valence-corrected chi connectivity index (χ1v) is 3.69. The number of aldehydes is 1. The van der Waals surface area contributed by atoms with Crippen molar-refractivity contribution in [1.82, 2.24) is 4.90 Å². The molecule has 1 aliphatic heterocycles. The molecule has 62 valence electrons.